The maximum Gasteiger partial charge on any atom is 0.341 e. The highest BCUT2D eigenvalue weighted by molar-refractivity contribution is 5.97. The van der Waals surface area contributed by atoms with Crippen molar-refractivity contribution in [3.63, 3.8) is 0 Å². The summed E-state index contributed by atoms with van der Waals surface area (Å²) in [7, 11) is 0. The van der Waals surface area contributed by atoms with E-state index < -0.39 is 28.6 Å². The number of amides is 1. The van der Waals surface area contributed by atoms with Crippen molar-refractivity contribution < 1.29 is 19.8 Å². The van der Waals surface area contributed by atoms with E-state index in [4.69, 9.17) is 0 Å². The van der Waals surface area contributed by atoms with E-state index in [2.05, 4.69) is 4.90 Å². The van der Waals surface area contributed by atoms with Crippen LogP contribution in [0.1, 0.15) is 59.4 Å². The maximum absolute atomic E-state index is 13.0. The Labute approximate surface area is 157 Å². The third-order valence-corrected chi connectivity index (χ3v) is 6.15. The van der Waals surface area contributed by atoms with Gasteiger partial charge in [-0.25, -0.2) is 4.79 Å². The standard InChI is InChI=1S/C19H25N3O5/c23-16-13(19(26)27)10-21-11-14-20(9-12-5-2-1-3-6-12)7-4-8-22(14)18(25)15(21)17(16)24/h10,12,14,24H,1-9,11H2,(H,26,27). The molecule has 0 spiro atoms. The van der Waals surface area contributed by atoms with E-state index >= 15 is 0 Å². The summed E-state index contributed by atoms with van der Waals surface area (Å²) in [5, 5.41) is 19.4. The number of carboxylic acid groups (broad SMARTS) is 1. The number of carbonyl (C=O) groups excluding carboxylic acids is 1. The molecule has 8 heteroatoms. The monoisotopic (exact) mass is 375 g/mol. The summed E-state index contributed by atoms with van der Waals surface area (Å²) in [6.45, 7) is 2.78. The van der Waals surface area contributed by atoms with Gasteiger partial charge in [0, 0.05) is 25.8 Å². The minimum Gasteiger partial charge on any atom is -0.503 e. The second-order valence-electron chi connectivity index (χ2n) is 7.86. The molecule has 27 heavy (non-hydrogen) atoms. The molecule has 0 bridgehead atoms. The molecule has 146 valence electrons. The lowest BCUT2D eigenvalue weighted by Gasteiger charge is -2.48. The Kier molecular flexibility index (Phi) is 4.67. The molecule has 2 fully saturated rings. The van der Waals surface area contributed by atoms with Crippen molar-refractivity contribution >= 4 is 11.9 Å². The van der Waals surface area contributed by atoms with Crippen molar-refractivity contribution in [2.45, 2.75) is 51.2 Å². The van der Waals surface area contributed by atoms with Crippen molar-refractivity contribution in [1.82, 2.24) is 14.4 Å². The van der Waals surface area contributed by atoms with Crippen molar-refractivity contribution in [3.8, 4) is 5.75 Å². The first-order valence-electron chi connectivity index (χ1n) is 9.72. The summed E-state index contributed by atoms with van der Waals surface area (Å²) >= 11 is 0. The summed E-state index contributed by atoms with van der Waals surface area (Å²) in [4.78, 5) is 40.4. The Morgan fingerprint density at radius 2 is 1.85 bits per heavy atom. The van der Waals surface area contributed by atoms with Crippen LogP contribution in [0.3, 0.4) is 0 Å². The number of hydrogen-bond acceptors (Lipinski definition) is 5. The van der Waals surface area contributed by atoms with Crippen LogP contribution in [0.2, 0.25) is 0 Å². The van der Waals surface area contributed by atoms with Crippen molar-refractivity contribution in [3.05, 3.63) is 27.7 Å². The number of hydrogen-bond donors (Lipinski definition) is 2. The van der Waals surface area contributed by atoms with Gasteiger partial charge in [0.05, 0.1) is 6.54 Å². The number of carboxylic acids is 1. The van der Waals surface area contributed by atoms with Gasteiger partial charge in [0.1, 0.15) is 11.7 Å². The highest BCUT2D eigenvalue weighted by atomic mass is 16.4. The summed E-state index contributed by atoms with van der Waals surface area (Å²) < 4.78 is 1.45. The number of aromatic hydroxyl groups is 1. The van der Waals surface area contributed by atoms with E-state index in [1.807, 2.05) is 0 Å². The summed E-state index contributed by atoms with van der Waals surface area (Å²) in [6.07, 6.45) is 8.12. The summed E-state index contributed by atoms with van der Waals surface area (Å²) in [5.74, 6) is -1.93. The highest BCUT2D eigenvalue weighted by Gasteiger charge is 2.41. The second kappa shape index (κ2) is 6.99. The predicted octanol–water partition coefficient (Wildman–Crippen LogP) is 1.32. The van der Waals surface area contributed by atoms with Crippen LogP contribution in [0.15, 0.2) is 11.0 Å². The van der Waals surface area contributed by atoms with Crippen LogP contribution in [0.25, 0.3) is 0 Å². The number of aromatic nitrogens is 1. The van der Waals surface area contributed by atoms with Crippen molar-refractivity contribution in [2.24, 2.45) is 5.92 Å². The molecular weight excluding hydrogens is 350 g/mol. The van der Waals surface area contributed by atoms with Gasteiger partial charge in [-0.05, 0) is 25.2 Å². The third-order valence-electron chi connectivity index (χ3n) is 6.15. The molecule has 1 aromatic heterocycles. The molecule has 4 rings (SSSR count). The van der Waals surface area contributed by atoms with Gasteiger partial charge >= 0.3 is 5.97 Å². The second-order valence-corrected chi connectivity index (χ2v) is 7.86. The number of pyridine rings is 1. The average molecular weight is 375 g/mol. The Hall–Kier alpha value is -2.35. The Bertz CT molecular complexity index is 827. The van der Waals surface area contributed by atoms with Crippen molar-refractivity contribution in [2.75, 3.05) is 19.6 Å². The molecule has 0 radical (unpaired) electrons. The molecule has 1 aliphatic carbocycles. The summed E-state index contributed by atoms with van der Waals surface area (Å²) in [5.41, 5.74) is -1.61. The molecule has 2 N–H and O–H groups in total. The minimum absolute atomic E-state index is 0.0965. The number of carbonyl (C=O) groups is 2. The van der Waals surface area contributed by atoms with E-state index in [1.54, 1.807) is 4.90 Å². The number of nitrogens with zero attached hydrogens (tertiary/aromatic N) is 3. The fraction of sp³-hybridized carbons (Fsp3) is 0.632. The lowest BCUT2D eigenvalue weighted by molar-refractivity contribution is -0.0186. The van der Waals surface area contributed by atoms with Gasteiger partial charge in [-0.2, -0.15) is 0 Å². The van der Waals surface area contributed by atoms with Gasteiger partial charge in [-0.15, -0.1) is 0 Å². The van der Waals surface area contributed by atoms with Crippen LogP contribution in [0.4, 0.5) is 0 Å². The van der Waals surface area contributed by atoms with E-state index in [0.717, 1.165) is 19.5 Å². The van der Waals surface area contributed by atoms with Crippen LogP contribution < -0.4 is 5.43 Å². The molecule has 3 heterocycles. The zero-order valence-electron chi connectivity index (χ0n) is 15.3. The van der Waals surface area contributed by atoms with Gasteiger partial charge in [-0.1, -0.05) is 19.3 Å². The SMILES string of the molecule is O=C(O)c1cn2c(c(O)c1=O)C(=O)N1CCCN(CC3CCCCC3)C1C2. The minimum atomic E-state index is -1.40. The maximum atomic E-state index is 13.0. The fourth-order valence-electron chi connectivity index (χ4n) is 4.79. The zero-order valence-corrected chi connectivity index (χ0v) is 15.3. The molecule has 3 aliphatic rings. The van der Waals surface area contributed by atoms with Crippen LogP contribution in [0, 0.1) is 5.92 Å². The largest absolute Gasteiger partial charge is 0.503 e. The molecule has 8 nitrogen and oxygen atoms in total. The first-order chi connectivity index (χ1) is 13.0. The van der Waals surface area contributed by atoms with Gasteiger partial charge in [0.15, 0.2) is 11.4 Å². The van der Waals surface area contributed by atoms with E-state index in [-0.39, 0.29) is 11.9 Å². The Balaban J connectivity index is 1.66. The number of aromatic carboxylic acids is 1. The van der Waals surface area contributed by atoms with E-state index in [9.17, 15) is 24.6 Å². The Morgan fingerprint density at radius 1 is 1.11 bits per heavy atom. The van der Waals surface area contributed by atoms with Gasteiger partial charge in [-0.3, -0.25) is 14.5 Å². The molecule has 0 aromatic carbocycles. The number of rotatable bonds is 3. The normalized spacial score (nSPS) is 23.8. The lowest BCUT2D eigenvalue weighted by Crippen LogP contribution is -2.61. The van der Waals surface area contributed by atoms with Crippen molar-refractivity contribution in [1.29, 1.82) is 0 Å². The third kappa shape index (κ3) is 3.12. The highest BCUT2D eigenvalue weighted by Crippen LogP contribution is 2.31. The van der Waals surface area contributed by atoms with Crippen LogP contribution >= 0.6 is 0 Å². The fourth-order valence-corrected chi connectivity index (χ4v) is 4.79. The van der Waals surface area contributed by atoms with Crippen LogP contribution in [-0.4, -0.2) is 62.3 Å². The van der Waals surface area contributed by atoms with Gasteiger partial charge in [0.25, 0.3) is 5.91 Å². The summed E-state index contributed by atoms with van der Waals surface area (Å²) in [6, 6.07) is 0. The molecule has 1 saturated carbocycles. The quantitative estimate of drug-likeness (QED) is 0.826. The molecule has 1 amide bonds. The Morgan fingerprint density at radius 3 is 2.56 bits per heavy atom. The average Bonchev–Trinajstić information content (AvgIpc) is 2.66. The van der Waals surface area contributed by atoms with Crippen LogP contribution in [-0.2, 0) is 6.54 Å². The smallest absolute Gasteiger partial charge is 0.341 e. The van der Waals surface area contributed by atoms with E-state index in [0.29, 0.717) is 19.0 Å². The lowest BCUT2D eigenvalue weighted by atomic mass is 9.88. The first-order valence-corrected chi connectivity index (χ1v) is 9.72. The van der Waals surface area contributed by atoms with Crippen LogP contribution in [0.5, 0.6) is 5.75 Å². The molecule has 2 aliphatic heterocycles. The topological polar surface area (TPSA) is 103 Å². The number of fused-ring (bicyclic) bond motifs is 2. The predicted molar refractivity (Wildman–Crippen MR) is 96.9 cm³/mol. The molecule has 1 aromatic rings. The molecule has 1 unspecified atom stereocenters. The molecule has 1 atom stereocenters. The molecule has 1 saturated heterocycles. The van der Waals surface area contributed by atoms with E-state index in [1.165, 1.54) is 42.9 Å². The first kappa shape index (κ1) is 18.0. The molecular formula is C19H25N3O5. The zero-order chi connectivity index (χ0) is 19.1. The van der Waals surface area contributed by atoms with Gasteiger partial charge < -0.3 is 19.7 Å². The van der Waals surface area contributed by atoms with Gasteiger partial charge in [0.2, 0.25) is 5.43 Å².